The lowest BCUT2D eigenvalue weighted by Gasteiger charge is -2.06. The molecule has 0 spiro atoms. The first-order valence-electron chi connectivity index (χ1n) is 4.30. The maximum Gasteiger partial charge on any atom is 0.307 e. The first-order chi connectivity index (χ1) is 6.54. The molecule has 0 aromatic heterocycles. The third-order valence-corrected chi connectivity index (χ3v) is 1.97. The number of phenolic OH excluding ortho intramolecular Hbond substituents is 2. The van der Waals surface area contributed by atoms with Crippen LogP contribution in [0.1, 0.15) is 18.1 Å². The molecule has 1 rings (SSSR count). The molecule has 4 heteroatoms. The third-order valence-electron chi connectivity index (χ3n) is 1.97. The predicted molar refractivity (Wildman–Crippen MR) is 50.5 cm³/mol. The highest BCUT2D eigenvalue weighted by Crippen LogP contribution is 2.29. The summed E-state index contributed by atoms with van der Waals surface area (Å²) in [6, 6.07) is 2.74. The molecular formula is C10H12O4. The number of carboxylic acids is 1. The number of carbonyl (C=O) groups is 1. The van der Waals surface area contributed by atoms with E-state index in [2.05, 4.69) is 0 Å². The van der Waals surface area contributed by atoms with Crippen LogP contribution < -0.4 is 0 Å². The van der Waals surface area contributed by atoms with Crippen LogP contribution in [0, 0.1) is 0 Å². The van der Waals surface area contributed by atoms with E-state index >= 15 is 0 Å². The lowest BCUT2D eigenvalue weighted by molar-refractivity contribution is -0.136. The van der Waals surface area contributed by atoms with Crippen molar-refractivity contribution in [2.45, 2.75) is 19.8 Å². The number of aromatic hydroxyl groups is 2. The molecule has 0 aliphatic heterocycles. The molecule has 0 aliphatic rings. The second-order valence-electron chi connectivity index (χ2n) is 3.04. The van der Waals surface area contributed by atoms with Gasteiger partial charge in [-0.15, -0.1) is 0 Å². The Labute approximate surface area is 81.4 Å². The minimum Gasteiger partial charge on any atom is -0.508 e. The second kappa shape index (κ2) is 4.00. The molecule has 0 saturated carbocycles. The molecule has 4 nitrogen and oxygen atoms in total. The van der Waals surface area contributed by atoms with Crippen LogP contribution in [-0.4, -0.2) is 21.3 Å². The van der Waals surface area contributed by atoms with Gasteiger partial charge in [0.2, 0.25) is 0 Å². The zero-order chi connectivity index (χ0) is 10.7. The molecule has 0 radical (unpaired) electrons. The quantitative estimate of drug-likeness (QED) is 0.680. The number of hydrogen-bond acceptors (Lipinski definition) is 3. The van der Waals surface area contributed by atoms with Crippen molar-refractivity contribution in [2.75, 3.05) is 0 Å². The second-order valence-corrected chi connectivity index (χ2v) is 3.04. The SMILES string of the molecule is CCc1c(O)cc(CC(=O)O)cc1O. The van der Waals surface area contributed by atoms with Gasteiger partial charge in [-0.3, -0.25) is 4.79 Å². The maximum absolute atomic E-state index is 10.4. The molecule has 76 valence electrons. The van der Waals surface area contributed by atoms with Crippen molar-refractivity contribution in [3.05, 3.63) is 23.3 Å². The lowest BCUT2D eigenvalue weighted by Crippen LogP contribution is -2.00. The molecule has 0 aliphatic carbocycles. The molecule has 14 heavy (non-hydrogen) atoms. The highest BCUT2D eigenvalue weighted by Gasteiger charge is 2.09. The molecule has 0 fully saturated rings. The van der Waals surface area contributed by atoms with E-state index in [0.29, 0.717) is 17.5 Å². The van der Waals surface area contributed by atoms with Crippen LogP contribution in [0.3, 0.4) is 0 Å². The van der Waals surface area contributed by atoms with Gasteiger partial charge in [-0.2, -0.15) is 0 Å². The van der Waals surface area contributed by atoms with E-state index in [0.717, 1.165) is 0 Å². The summed E-state index contributed by atoms with van der Waals surface area (Å²) in [5.74, 6) is -1.10. The summed E-state index contributed by atoms with van der Waals surface area (Å²) >= 11 is 0. The topological polar surface area (TPSA) is 77.8 Å². The molecule has 0 unspecified atom stereocenters. The maximum atomic E-state index is 10.4. The fraction of sp³-hybridized carbons (Fsp3) is 0.300. The first kappa shape index (κ1) is 10.4. The van der Waals surface area contributed by atoms with E-state index in [9.17, 15) is 15.0 Å². The Morgan fingerprint density at radius 3 is 2.14 bits per heavy atom. The molecule has 3 N–H and O–H groups in total. The summed E-state index contributed by atoms with van der Waals surface area (Å²) in [6.45, 7) is 1.80. The number of rotatable bonds is 3. The smallest absolute Gasteiger partial charge is 0.307 e. The number of carboxylic acid groups (broad SMARTS) is 1. The van der Waals surface area contributed by atoms with E-state index in [1.807, 2.05) is 0 Å². The molecule has 1 aromatic rings. The summed E-state index contributed by atoms with van der Waals surface area (Å²) < 4.78 is 0. The van der Waals surface area contributed by atoms with Crippen LogP contribution in [0.15, 0.2) is 12.1 Å². The summed E-state index contributed by atoms with van der Waals surface area (Å²) in [4.78, 5) is 10.4. The largest absolute Gasteiger partial charge is 0.508 e. The number of benzene rings is 1. The van der Waals surface area contributed by atoms with E-state index in [1.165, 1.54) is 12.1 Å². The van der Waals surface area contributed by atoms with Crippen molar-refractivity contribution in [2.24, 2.45) is 0 Å². The van der Waals surface area contributed by atoms with Gasteiger partial charge >= 0.3 is 5.97 Å². The molecule has 0 saturated heterocycles. The highest BCUT2D eigenvalue weighted by molar-refractivity contribution is 5.71. The standard InChI is InChI=1S/C10H12O4/c1-2-7-8(11)3-6(4-9(7)12)5-10(13)14/h3-4,11-12H,2,5H2,1H3,(H,13,14). The van der Waals surface area contributed by atoms with Crippen LogP contribution in [0.25, 0.3) is 0 Å². The van der Waals surface area contributed by atoms with Gasteiger partial charge in [0.15, 0.2) is 0 Å². The fourth-order valence-corrected chi connectivity index (χ4v) is 1.34. The average Bonchev–Trinajstić information content (AvgIpc) is 2.01. The molecule has 0 amide bonds. The highest BCUT2D eigenvalue weighted by atomic mass is 16.4. The van der Waals surface area contributed by atoms with Crippen LogP contribution in [0.2, 0.25) is 0 Å². The van der Waals surface area contributed by atoms with Crippen molar-refractivity contribution < 1.29 is 20.1 Å². The Bertz CT molecular complexity index is 334. The minimum absolute atomic E-state index is 0.0521. The van der Waals surface area contributed by atoms with E-state index in [1.54, 1.807) is 6.92 Å². The molecule has 1 aromatic carbocycles. The van der Waals surface area contributed by atoms with Crippen LogP contribution >= 0.6 is 0 Å². The lowest BCUT2D eigenvalue weighted by atomic mass is 10.0. The Balaban J connectivity index is 3.07. The molecule has 0 atom stereocenters. The van der Waals surface area contributed by atoms with Crippen LogP contribution in [0.5, 0.6) is 11.5 Å². The molecule has 0 bridgehead atoms. The summed E-state index contributed by atoms with van der Waals surface area (Å²) in [6.07, 6.45) is 0.302. The zero-order valence-electron chi connectivity index (χ0n) is 7.82. The normalized spacial score (nSPS) is 10.1. The van der Waals surface area contributed by atoms with Crippen LogP contribution in [-0.2, 0) is 17.6 Å². The number of phenols is 2. The van der Waals surface area contributed by atoms with E-state index < -0.39 is 5.97 Å². The van der Waals surface area contributed by atoms with E-state index in [4.69, 9.17) is 5.11 Å². The van der Waals surface area contributed by atoms with Gasteiger partial charge < -0.3 is 15.3 Å². The van der Waals surface area contributed by atoms with Gasteiger partial charge in [-0.05, 0) is 24.1 Å². The van der Waals surface area contributed by atoms with Gasteiger partial charge in [-0.1, -0.05) is 6.92 Å². The van der Waals surface area contributed by atoms with Gasteiger partial charge in [0.25, 0.3) is 0 Å². The Morgan fingerprint density at radius 1 is 1.29 bits per heavy atom. The van der Waals surface area contributed by atoms with E-state index in [-0.39, 0.29) is 17.9 Å². The summed E-state index contributed by atoms with van der Waals surface area (Å²) in [5, 5.41) is 27.4. The third kappa shape index (κ3) is 2.16. The van der Waals surface area contributed by atoms with Crippen molar-refractivity contribution >= 4 is 5.97 Å². The average molecular weight is 196 g/mol. The summed E-state index contributed by atoms with van der Waals surface area (Å²) in [7, 11) is 0. The van der Waals surface area contributed by atoms with Crippen molar-refractivity contribution in [3.8, 4) is 11.5 Å². The first-order valence-corrected chi connectivity index (χ1v) is 4.30. The fourth-order valence-electron chi connectivity index (χ4n) is 1.34. The van der Waals surface area contributed by atoms with Crippen molar-refractivity contribution in [1.82, 2.24) is 0 Å². The Kier molecular flexibility index (Phi) is 2.96. The van der Waals surface area contributed by atoms with Crippen molar-refractivity contribution in [3.63, 3.8) is 0 Å². The van der Waals surface area contributed by atoms with Gasteiger partial charge in [0, 0.05) is 5.56 Å². The molecule has 0 heterocycles. The summed E-state index contributed by atoms with van der Waals surface area (Å²) in [5.41, 5.74) is 0.837. The Hall–Kier alpha value is -1.71. The monoisotopic (exact) mass is 196 g/mol. The molecular weight excluding hydrogens is 184 g/mol. The van der Waals surface area contributed by atoms with Gasteiger partial charge in [0.05, 0.1) is 6.42 Å². The predicted octanol–water partition coefficient (Wildman–Crippen LogP) is 1.29. The zero-order valence-corrected chi connectivity index (χ0v) is 7.82. The minimum atomic E-state index is -0.993. The van der Waals surface area contributed by atoms with Gasteiger partial charge in [0.1, 0.15) is 11.5 Å². The van der Waals surface area contributed by atoms with Crippen molar-refractivity contribution in [1.29, 1.82) is 0 Å². The number of aliphatic carboxylic acids is 1. The van der Waals surface area contributed by atoms with Gasteiger partial charge in [-0.25, -0.2) is 0 Å². The Morgan fingerprint density at radius 2 is 1.79 bits per heavy atom. The number of hydrogen-bond donors (Lipinski definition) is 3. The van der Waals surface area contributed by atoms with Crippen LogP contribution in [0.4, 0.5) is 0 Å².